The third-order valence-electron chi connectivity index (χ3n) is 4.75. The van der Waals surface area contributed by atoms with E-state index in [-0.39, 0.29) is 37.6 Å². The molecule has 3 N–H and O–H groups in total. The van der Waals surface area contributed by atoms with Crippen molar-refractivity contribution in [3.8, 4) is 0 Å². The molecule has 1 fully saturated rings. The minimum absolute atomic E-state index is 0.0258. The number of aliphatic hydroxyl groups is 1. The highest BCUT2D eigenvalue weighted by molar-refractivity contribution is 6.04. The van der Waals surface area contributed by atoms with Crippen molar-refractivity contribution in [3.63, 3.8) is 0 Å². The SMILES string of the molecule is Cc1ccc(C(=O)N2CCC(O)(C(=O)O)CC2)cc1NC(=O)c1ccco1. The number of rotatable bonds is 4. The van der Waals surface area contributed by atoms with Crippen LogP contribution in [-0.2, 0) is 4.79 Å². The molecule has 2 amide bonds. The number of benzene rings is 1. The average Bonchev–Trinajstić information content (AvgIpc) is 3.18. The van der Waals surface area contributed by atoms with Crippen molar-refractivity contribution in [3.05, 3.63) is 53.5 Å². The molecule has 2 aromatic rings. The number of piperidine rings is 1. The molecule has 0 radical (unpaired) electrons. The molecule has 1 aliphatic heterocycles. The van der Waals surface area contributed by atoms with Crippen molar-refractivity contribution in [2.45, 2.75) is 25.4 Å². The summed E-state index contributed by atoms with van der Waals surface area (Å²) >= 11 is 0. The van der Waals surface area contributed by atoms with E-state index in [0.717, 1.165) is 5.56 Å². The topological polar surface area (TPSA) is 120 Å². The highest BCUT2D eigenvalue weighted by Gasteiger charge is 2.40. The van der Waals surface area contributed by atoms with E-state index in [1.165, 1.54) is 17.2 Å². The lowest BCUT2D eigenvalue weighted by Crippen LogP contribution is -2.50. The number of anilines is 1. The number of furan rings is 1. The van der Waals surface area contributed by atoms with E-state index in [0.29, 0.717) is 11.3 Å². The summed E-state index contributed by atoms with van der Waals surface area (Å²) in [6.07, 6.45) is 1.35. The molecule has 0 spiro atoms. The fourth-order valence-corrected chi connectivity index (χ4v) is 2.96. The van der Waals surface area contributed by atoms with Crippen LogP contribution in [0.15, 0.2) is 41.0 Å². The largest absolute Gasteiger partial charge is 0.479 e. The van der Waals surface area contributed by atoms with Crippen LogP contribution in [0.5, 0.6) is 0 Å². The van der Waals surface area contributed by atoms with Crippen LogP contribution in [0.4, 0.5) is 5.69 Å². The van der Waals surface area contributed by atoms with Gasteiger partial charge in [0.2, 0.25) is 0 Å². The number of aliphatic carboxylic acids is 1. The lowest BCUT2D eigenvalue weighted by molar-refractivity contribution is -0.162. The molecule has 0 aliphatic carbocycles. The Morgan fingerprint density at radius 2 is 1.89 bits per heavy atom. The van der Waals surface area contributed by atoms with Gasteiger partial charge in [0.05, 0.1) is 6.26 Å². The third kappa shape index (κ3) is 3.85. The third-order valence-corrected chi connectivity index (χ3v) is 4.75. The normalized spacial score (nSPS) is 16.0. The first kappa shape index (κ1) is 18.7. The number of amides is 2. The molecule has 27 heavy (non-hydrogen) atoms. The van der Waals surface area contributed by atoms with Crippen molar-refractivity contribution in [1.82, 2.24) is 4.90 Å². The van der Waals surface area contributed by atoms with Gasteiger partial charge in [0.1, 0.15) is 0 Å². The van der Waals surface area contributed by atoms with E-state index in [2.05, 4.69) is 5.32 Å². The number of aryl methyl sites for hydroxylation is 1. The Hall–Kier alpha value is -3.13. The number of nitrogens with one attached hydrogen (secondary N) is 1. The maximum Gasteiger partial charge on any atom is 0.335 e. The van der Waals surface area contributed by atoms with Crippen molar-refractivity contribution in [1.29, 1.82) is 0 Å². The van der Waals surface area contributed by atoms with Crippen molar-refractivity contribution in [2.75, 3.05) is 18.4 Å². The predicted octanol–water partition coefficient (Wildman–Crippen LogP) is 1.89. The summed E-state index contributed by atoms with van der Waals surface area (Å²) in [7, 11) is 0. The Kier molecular flexibility index (Phi) is 5.00. The van der Waals surface area contributed by atoms with E-state index in [4.69, 9.17) is 9.52 Å². The summed E-state index contributed by atoms with van der Waals surface area (Å²) in [4.78, 5) is 37.5. The Balaban J connectivity index is 1.73. The quantitative estimate of drug-likeness (QED) is 0.754. The summed E-state index contributed by atoms with van der Waals surface area (Å²) in [5, 5.41) is 21.8. The zero-order chi connectivity index (χ0) is 19.6. The van der Waals surface area contributed by atoms with Gasteiger partial charge in [-0.15, -0.1) is 0 Å². The van der Waals surface area contributed by atoms with Gasteiger partial charge in [-0.25, -0.2) is 4.79 Å². The fraction of sp³-hybridized carbons (Fsp3) is 0.316. The van der Waals surface area contributed by atoms with Crippen LogP contribution in [-0.4, -0.2) is 51.6 Å². The van der Waals surface area contributed by atoms with Crippen molar-refractivity contribution < 1.29 is 29.0 Å². The predicted molar refractivity (Wildman–Crippen MR) is 95.6 cm³/mol. The van der Waals surface area contributed by atoms with Crippen LogP contribution in [0, 0.1) is 6.92 Å². The molecule has 1 aliphatic rings. The Labute approximate surface area is 155 Å². The molecular formula is C19H20N2O6. The molecule has 8 nitrogen and oxygen atoms in total. The lowest BCUT2D eigenvalue weighted by atomic mass is 9.91. The number of carbonyl (C=O) groups excluding carboxylic acids is 2. The van der Waals surface area contributed by atoms with Crippen LogP contribution in [0.25, 0.3) is 0 Å². The van der Waals surface area contributed by atoms with E-state index in [9.17, 15) is 19.5 Å². The summed E-state index contributed by atoms with van der Waals surface area (Å²) < 4.78 is 5.06. The fourth-order valence-electron chi connectivity index (χ4n) is 2.96. The van der Waals surface area contributed by atoms with E-state index < -0.39 is 17.5 Å². The van der Waals surface area contributed by atoms with Crippen LogP contribution in [0.2, 0.25) is 0 Å². The van der Waals surface area contributed by atoms with Crippen LogP contribution >= 0.6 is 0 Å². The maximum absolute atomic E-state index is 12.7. The number of carbonyl (C=O) groups is 3. The van der Waals surface area contributed by atoms with Gasteiger partial charge in [-0.1, -0.05) is 6.07 Å². The standard InChI is InChI=1S/C19H20N2O6/c1-12-4-5-13(11-14(12)20-16(22)15-3-2-10-27-15)17(23)21-8-6-19(26,7-9-21)18(24)25/h2-5,10-11,26H,6-9H2,1H3,(H,20,22)(H,24,25). The summed E-state index contributed by atoms with van der Waals surface area (Å²) in [6, 6.07) is 8.10. The highest BCUT2D eigenvalue weighted by atomic mass is 16.4. The molecule has 0 saturated carbocycles. The van der Waals surface area contributed by atoms with Gasteiger partial charge in [-0.05, 0) is 36.8 Å². The van der Waals surface area contributed by atoms with E-state index >= 15 is 0 Å². The van der Waals surface area contributed by atoms with Gasteiger partial charge in [-0.2, -0.15) is 0 Å². The second-order valence-corrected chi connectivity index (χ2v) is 6.59. The first-order valence-corrected chi connectivity index (χ1v) is 8.51. The minimum Gasteiger partial charge on any atom is -0.479 e. The number of nitrogens with zero attached hydrogens (tertiary/aromatic N) is 1. The van der Waals surface area contributed by atoms with Crippen LogP contribution in [0.1, 0.15) is 39.3 Å². The zero-order valence-electron chi connectivity index (χ0n) is 14.8. The Bertz CT molecular complexity index is 866. The Morgan fingerprint density at radius 3 is 2.48 bits per heavy atom. The van der Waals surface area contributed by atoms with Gasteiger partial charge in [0, 0.05) is 37.2 Å². The van der Waals surface area contributed by atoms with Crippen molar-refractivity contribution >= 4 is 23.5 Å². The number of likely N-dealkylation sites (tertiary alicyclic amines) is 1. The van der Waals surface area contributed by atoms with Crippen LogP contribution < -0.4 is 5.32 Å². The first-order valence-electron chi connectivity index (χ1n) is 8.51. The molecule has 8 heteroatoms. The summed E-state index contributed by atoms with van der Waals surface area (Å²) in [5.41, 5.74) is -0.144. The second-order valence-electron chi connectivity index (χ2n) is 6.59. The highest BCUT2D eigenvalue weighted by Crippen LogP contribution is 2.25. The molecule has 0 bridgehead atoms. The van der Waals surface area contributed by atoms with Gasteiger partial charge in [0.25, 0.3) is 11.8 Å². The number of hydrogen-bond donors (Lipinski definition) is 3. The zero-order valence-corrected chi connectivity index (χ0v) is 14.8. The number of carboxylic acids is 1. The molecule has 1 saturated heterocycles. The Morgan fingerprint density at radius 1 is 1.19 bits per heavy atom. The molecule has 142 valence electrons. The minimum atomic E-state index is -1.79. The molecule has 3 rings (SSSR count). The van der Waals surface area contributed by atoms with Crippen LogP contribution in [0.3, 0.4) is 0 Å². The van der Waals surface area contributed by atoms with Gasteiger partial charge >= 0.3 is 5.97 Å². The molecule has 1 aromatic carbocycles. The van der Waals surface area contributed by atoms with E-state index in [1.54, 1.807) is 31.2 Å². The average molecular weight is 372 g/mol. The van der Waals surface area contributed by atoms with Gasteiger partial charge in [0.15, 0.2) is 11.4 Å². The monoisotopic (exact) mass is 372 g/mol. The van der Waals surface area contributed by atoms with E-state index in [1.807, 2.05) is 0 Å². The maximum atomic E-state index is 12.7. The number of carboxylic acid groups (broad SMARTS) is 1. The molecule has 1 aromatic heterocycles. The first-order chi connectivity index (χ1) is 12.8. The van der Waals surface area contributed by atoms with Gasteiger partial charge in [-0.3, -0.25) is 9.59 Å². The number of hydrogen-bond acceptors (Lipinski definition) is 5. The molecular weight excluding hydrogens is 352 g/mol. The molecule has 2 heterocycles. The van der Waals surface area contributed by atoms with Gasteiger partial charge < -0.3 is 24.8 Å². The summed E-state index contributed by atoms with van der Waals surface area (Å²) in [5.74, 6) is -1.81. The molecule has 0 atom stereocenters. The van der Waals surface area contributed by atoms with Crippen molar-refractivity contribution in [2.24, 2.45) is 0 Å². The summed E-state index contributed by atoms with van der Waals surface area (Å²) in [6.45, 7) is 2.09. The second kappa shape index (κ2) is 7.24. The lowest BCUT2D eigenvalue weighted by Gasteiger charge is -2.35. The smallest absolute Gasteiger partial charge is 0.335 e. The molecule has 0 unspecified atom stereocenters.